The summed E-state index contributed by atoms with van der Waals surface area (Å²) in [5.74, 6) is 0.0611. The Kier molecular flexibility index (Phi) is 6.32. The van der Waals surface area contributed by atoms with Crippen LogP contribution in [0.1, 0.15) is 37.5 Å². The number of piperidine rings is 1. The molecule has 0 aliphatic carbocycles. The van der Waals surface area contributed by atoms with Gasteiger partial charge in [-0.25, -0.2) is 8.42 Å². The number of nitrogens with one attached hydrogen (secondary N) is 2. The smallest absolute Gasteiger partial charge is 0.250 e. The minimum Gasteiger partial charge on any atom is -0.332 e. The van der Waals surface area contributed by atoms with Gasteiger partial charge in [0.05, 0.1) is 12.6 Å². The molecule has 5 rings (SSSR count). The van der Waals surface area contributed by atoms with E-state index >= 15 is 0 Å². The standard InChI is InChI=1S/C21H23ClN6O4S2/c22-14-5-6-17-13(9-14)10-19(33-17)34(31,32)26-15-3-1-7-27(21(15)30)11-18(29)28-8-2-4-16(28)20-23-12-24-25-20/h5-6,9-10,12,15-16,26H,1-4,7-8,11H2,(H,23,24,25)/t15-,16-/m0/s1. The van der Waals surface area contributed by atoms with Crippen molar-refractivity contribution >= 4 is 54.9 Å². The fraction of sp³-hybridized carbons (Fsp3) is 0.429. The highest BCUT2D eigenvalue weighted by atomic mass is 35.5. The van der Waals surface area contributed by atoms with E-state index < -0.39 is 16.1 Å². The zero-order valence-electron chi connectivity index (χ0n) is 18.1. The first-order valence-electron chi connectivity index (χ1n) is 11.0. The summed E-state index contributed by atoms with van der Waals surface area (Å²) in [6.07, 6.45) is 4.07. The fourth-order valence-electron chi connectivity index (χ4n) is 4.56. The summed E-state index contributed by atoms with van der Waals surface area (Å²) in [4.78, 5) is 32.2. The molecule has 2 N–H and O–H groups in total. The molecular formula is C21H23ClN6O4S2. The summed E-state index contributed by atoms with van der Waals surface area (Å²) >= 11 is 7.13. The lowest BCUT2D eigenvalue weighted by Gasteiger charge is -2.33. The van der Waals surface area contributed by atoms with Gasteiger partial charge in [-0.1, -0.05) is 11.6 Å². The van der Waals surface area contributed by atoms with Crippen LogP contribution in [0, 0.1) is 0 Å². The molecular weight excluding hydrogens is 500 g/mol. The normalized spacial score (nSPS) is 21.5. The van der Waals surface area contributed by atoms with E-state index in [9.17, 15) is 18.0 Å². The van der Waals surface area contributed by atoms with E-state index in [1.807, 2.05) is 0 Å². The number of benzene rings is 1. The van der Waals surface area contributed by atoms with Crippen LogP contribution in [0.5, 0.6) is 0 Å². The Morgan fingerprint density at radius 1 is 1.24 bits per heavy atom. The number of H-pyrrole nitrogens is 1. The summed E-state index contributed by atoms with van der Waals surface area (Å²) in [7, 11) is -3.91. The third-order valence-corrected chi connectivity index (χ3v) is 9.50. The van der Waals surface area contributed by atoms with Crippen LogP contribution in [0.4, 0.5) is 0 Å². The maximum atomic E-state index is 13.1. The van der Waals surface area contributed by atoms with Crippen molar-refractivity contribution in [1.29, 1.82) is 0 Å². The van der Waals surface area contributed by atoms with Gasteiger partial charge in [-0.3, -0.25) is 9.59 Å². The van der Waals surface area contributed by atoms with E-state index in [1.54, 1.807) is 29.2 Å². The van der Waals surface area contributed by atoms with E-state index in [0.717, 1.165) is 34.3 Å². The number of nitrogens with zero attached hydrogens (tertiary/aromatic N) is 4. The molecule has 0 spiro atoms. The molecule has 0 unspecified atom stereocenters. The Morgan fingerprint density at radius 2 is 2.06 bits per heavy atom. The maximum Gasteiger partial charge on any atom is 0.250 e. The molecule has 2 amide bonds. The topological polar surface area (TPSA) is 128 Å². The van der Waals surface area contributed by atoms with Gasteiger partial charge in [0.1, 0.15) is 16.6 Å². The first-order chi connectivity index (χ1) is 16.3. The van der Waals surface area contributed by atoms with E-state index in [-0.39, 0.29) is 28.6 Å². The number of carbonyl (C=O) groups is 2. The van der Waals surface area contributed by atoms with E-state index in [2.05, 4.69) is 19.9 Å². The zero-order chi connectivity index (χ0) is 23.9. The summed E-state index contributed by atoms with van der Waals surface area (Å²) in [5, 5.41) is 9.08. The lowest BCUT2D eigenvalue weighted by molar-refractivity contribution is -0.143. The van der Waals surface area contributed by atoms with Gasteiger partial charge in [0.2, 0.25) is 11.8 Å². The van der Waals surface area contributed by atoms with E-state index in [0.29, 0.717) is 36.8 Å². The Labute approximate surface area is 205 Å². The van der Waals surface area contributed by atoms with Crippen LogP contribution in [0.2, 0.25) is 5.02 Å². The van der Waals surface area contributed by atoms with Gasteiger partial charge >= 0.3 is 0 Å². The van der Waals surface area contributed by atoms with Crippen molar-refractivity contribution in [3.63, 3.8) is 0 Å². The second kappa shape index (κ2) is 9.25. The first-order valence-corrected chi connectivity index (χ1v) is 13.7. The van der Waals surface area contributed by atoms with Crippen molar-refractivity contribution < 1.29 is 18.0 Å². The first kappa shape index (κ1) is 23.2. The van der Waals surface area contributed by atoms with Crippen molar-refractivity contribution in [2.75, 3.05) is 19.6 Å². The van der Waals surface area contributed by atoms with Crippen molar-refractivity contribution in [1.82, 2.24) is 29.7 Å². The molecule has 180 valence electrons. The quantitative estimate of drug-likeness (QED) is 0.511. The lowest BCUT2D eigenvalue weighted by atomic mass is 10.1. The van der Waals surface area contributed by atoms with Crippen molar-refractivity contribution in [2.45, 2.75) is 42.0 Å². The number of carbonyl (C=O) groups excluding carboxylic acids is 2. The molecule has 10 nitrogen and oxygen atoms in total. The van der Waals surface area contributed by atoms with Crippen LogP contribution in [0.15, 0.2) is 34.8 Å². The molecule has 2 aliphatic rings. The number of aromatic amines is 1. The number of fused-ring (bicyclic) bond motifs is 1. The highest BCUT2D eigenvalue weighted by Gasteiger charge is 2.37. The maximum absolute atomic E-state index is 13.1. The molecule has 2 fully saturated rings. The van der Waals surface area contributed by atoms with Gasteiger partial charge in [-0.15, -0.1) is 21.5 Å². The highest BCUT2D eigenvalue weighted by Crippen LogP contribution is 2.32. The van der Waals surface area contributed by atoms with Gasteiger partial charge in [-0.2, -0.15) is 4.72 Å². The summed E-state index contributed by atoms with van der Waals surface area (Å²) in [5.41, 5.74) is 0. The van der Waals surface area contributed by atoms with Crippen LogP contribution in [0.3, 0.4) is 0 Å². The Hall–Kier alpha value is -2.54. The molecule has 0 bridgehead atoms. The minimum atomic E-state index is -3.91. The van der Waals surface area contributed by atoms with E-state index in [4.69, 9.17) is 11.6 Å². The fourth-order valence-corrected chi connectivity index (χ4v) is 7.35. The molecule has 1 aromatic carbocycles. The van der Waals surface area contributed by atoms with Gasteiger partial charge in [0, 0.05) is 22.8 Å². The molecule has 2 saturated heterocycles. The molecule has 2 aliphatic heterocycles. The minimum absolute atomic E-state index is 0.0942. The van der Waals surface area contributed by atoms with Crippen molar-refractivity contribution in [2.24, 2.45) is 0 Å². The predicted octanol–water partition coefficient (Wildman–Crippen LogP) is 2.31. The third-order valence-electron chi connectivity index (χ3n) is 6.20. The number of sulfonamides is 1. The average molecular weight is 523 g/mol. The molecule has 13 heteroatoms. The average Bonchev–Trinajstić information content (AvgIpc) is 3.56. The van der Waals surface area contributed by atoms with Crippen LogP contribution >= 0.6 is 22.9 Å². The number of rotatable bonds is 6. The number of hydrogen-bond donors (Lipinski definition) is 2. The van der Waals surface area contributed by atoms with Crippen LogP contribution in [-0.4, -0.2) is 70.9 Å². The van der Waals surface area contributed by atoms with Crippen molar-refractivity contribution in [3.8, 4) is 0 Å². The largest absolute Gasteiger partial charge is 0.332 e. The Balaban J connectivity index is 1.27. The predicted molar refractivity (Wildman–Crippen MR) is 127 cm³/mol. The number of hydrogen-bond acceptors (Lipinski definition) is 7. The molecule has 2 atom stereocenters. The van der Waals surface area contributed by atoms with Gasteiger partial charge in [0.25, 0.3) is 10.0 Å². The number of aromatic nitrogens is 3. The summed E-state index contributed by atoms with van der Waals surface area (Å²) in [6.45, 7) is 0.895. The molecule has 34 heavy (non-hydrogen) atoms. The molecule has 3 aromatic rings. The van der Waals surface area contributed by atoms with Crippen LogP contribution in [-0.2, 0) is 19.6 Å². The second-order valence-electron chi connectivity index (χ2n) is 8.44. The second-order valence-corrected chi connectivity index (χ2v) is 11.9. The number of thiophene rings is 1. The summed E-state index contributed by atoms with van der Waals surface area (Å²) in [6, 6.07) is 5.63. The SMILES string of the molecule is O=C1[C@@H](NS(=O)(=O)c2cc3cc(Cl)ccc3s2)CCCN1CC(=O)N1CCC[C@H]1c1nnc[nH]1. The molecule has 0 radical (unpaired) electrons. The van der Waals surface area contributed by atoms with Gasteiger partial charge < -0.3 is 14.8 Å². The molecule has 0 saturated carbocycles. The van der Waals surface area contributed by atoms with Crippen LogP contribution in [0.25, 0.3) is 10.1 Å². The van der Waals surface area contributed by atoms with Crippen LogP contribution < -0.4 is 4.72 Å². The van der Waals surface area contributed by atoms with Crippen molar-refractivity contribution in [3.05, 3.63) is 41.4 Å². The molecule has 2 aromatic heterocycles. The third kappa shape index (κ3) is 4.54. The van der Waals surface area contributed by atoms with Gasteiger partial charge in [-0.05, 0) is 55.3 Å². The number of halogens is 1. The number of likely N-dealkylation sites (tertiary alicyclic amines) is 2. The zero-order valence-corrected chi connectivity index (χ0v) is 20.5. The van der Waals surface area contributed by atoms with Gasteiger partial charge in [0.15, 0.2) is 5.82 Å². The highest BCUT2D eigenvalue weighted by molar-refractivity contribution is 7.91. The lowest BCUT2D eigenvalue weighted by Crippen LogP contribution is -2.54. The summed E-state index contributed by atoms with van der Waals surface area (Å²) < 4.78 is 29.5. The Morgan fingerprint density at radius 3 is 2.85 bits per heavy atom. The molecule has 4 heterocycles. The van der Waals surface area contributed by atoms with E-state index in [1.165, 1.54) is 11.2 Å². The Bertz CT molecular complexity index is 1330. The number of amides is 2. The monoisotopic (exact) mass is 522 g/mol.